The van der Waals surface area contributed by atoms with Gasteiger partial charge in [0.2, 0.25) is 0 Å². The normalized spacial score (nSPS) is 10.0. The van der Waals surface area contributed by atoms with Gasteiger partial charge >= 0.3 is 0 Å². The quantitative estimate of drug-likeness (QED) is 0.516. The molecule has 0 aromatic heterocycles. The van der Waals surface area contributed by atoms with Crippen molar-refractivity contribution in [2.75, 3.05) is 20.0 Å². The molecule has 0 amide bonds. The summed E-state index contributed by atoms with van der Waals surface area (Å²) in [5, 5.41) is 10.7. The number of nitrogens with two attached hydrogens (primary N) is 1. The summed E-state index contributed by atoms with van der Waals surface area (Å²) in [4.78, 5) is 10.2. The fourth-order valence-corrected chi connectivity index (χ4v) is 1.74. The fraction of sp³-hybridized carbons (Fsp3) is 0.143. The number of hydrogen-bond donors (Lipinski definition) is 1. The molecule has 7 heteroatoms. The van der Waals surface area contributed by atoms with Crippen molar-refractivity contribution in [3.63, 3.8) is 0 Å². The molecule has 0 spiro atoms. The molecular formula is C14H14N2O5. The molecule has 2 aromatic rings. The molecule has 0 fully saturated rings. The van der Waals surface area contributed by atoms with Gasteiger partial charge in [-0.3, -0.25) is 10.1 Å². The van der Waals surface area contributed by atoms with Crippen LogP contribution in [0.4, 0.5) is 11.4 Å². The van der Waals surface area contributed by atoms with Crippen LogP contribution in [-0.2, 0) is 0 Å². The summed E-state index contributed by atoms with van der Waals surface area (Å²) in [5.41, 5.74) is 5.49. The van der Waals surface area contributed by atoms with Gasteiger partial charge in [0.05, 0.1) is 19.1 Å². The smallest absolute Gasteiger partial charge is 0.292 e. The van der Waals surface area contributed by atoms with Gasteiger partial charge in [-0.15, -0.1) is 0 Å². The maximum absolute atomic E-state index is 10.7. The number of nitro benzene ring substituents is 1. The van der Waals surface area contributed by atoms with E-state index in [0.717, 1.165) is 0 Å². The van der Waals surface area contributed by atoms with Gasteiger partial charge in [0.1, 0.15) is 28.7 Å². The van der Waals surface area contributed by atoms with Gasteiger partial charge in [0.25, 0.3) is 5.69 Å². The number of nitrogens with zero attached hydrogens (tertiary/aromatic N) is 1. The maximum Gasteiger partial charge on any atom is 0.292 e. The molecule has 0 heterocycles. The second kappa shape index (κ2) is 6.00. The minimum atomic E-state index is -0.548. The molecule has 0 atom stereocenters. The SMILES string of the molecule is COc1cc(OC)cc(Oc2ccc([N+](=O)[O-])c(N)c2)c1. The van der Waals surface area contributed by atoms with Crippen LogP contribution in [0, 0.1) is 10.1 Å². The molecular weight excluding hydrogens is 276 g/mol. The Labute approximate surface area is 121 Å². The van der Waals surface area contributed by atoms with Crippen LogP contribution >= 0.6 is 0 Å². The first-order chi connectivity index (χ1) is 10.0. The highest BCUT2D eigenvalue weighted by molar-refractivity contribution is 5.61. The number of anilines is 1. The van der Waals surface area contributed by atoms with Crippen LogP contribution < -0.4 is 19.9 Å². The third kappa shape index (κ3) is 3.33. The Balaban J connectivity index is 2.29. The summed E-state index contributed by atoms with van der Waals surface area (Å²) in [5.74, 6) is 1.99. The lowest BCUT2D eigenvalue weighted by atomic mass is 10.2. The Morgan fingerprint density at radius 1 is 0.952 bits per heavy atom. The van der Waals surface area contributed by atoms with E-state index in [1.807, 2.05) is 0 Å². The van der Waals surface area contributed by atoms with E-state index in [2.05, 4.69) is 0 Å². The predicted octanol–water partition coefficient (Wildman–Crippen LogP) is 2.99. The third-order valence-electron chi connectivity index (χ3n) is 2.76. The van der Waals surface area contributed by atoms with Crippen molar-refractivity contribution in [1.29, 1.82) is 0 Å². The highest BCUT2D eigenvalue weighted by Crippen LogP contribution is 2.33. The van der Waals surface area contributed by atoms with Crippen LogP contribution in [0.2, 0.25) is 0 Å². The Kier molecular flexibility index (Phi) is 4.13. The van der Waals surface area contributed by atoms with E-state index in [9.17, 15) is 10.1 Å². The zero-order valence-corrected chi connectivity index (χ0v) is 11.5. The average molecular weight is 290 g/mol. The van der Waals surface area contributed by atoms with Crippen LogP contribution in [0.5, 0.6) is 23.0 Å². The second-order valence-electron chi connectivity index (χ2n) is 4.13. The second-order valence-corrected chi connectivity index (χ2v) is 4.13. The van der Waals surface area contributed by atoms with Gasteiger partial charge in [-0.25, -0.2) is 0 Å². The van der Waals surface area contributed by atoms with Crippen molar-refractivity contribution in [3.05, 3.63) is 46.5 Å². The Morgan fingerprint density at radius 2 is 1.52 bits per heavy atom. The number of nitro groups is 1. The van der Waals surface area contributed by atoms with Crippen molar-refractivity contribution in [2.45, 2.75) is 0 Å². The lowest BCUT2D eigenvalue weighted by Gasteiger charge is -2.10. The van der Waals surface area contributed by atoms with Crippen LogP contribution in [0.25, 0.3) is 0 Å². The minimum absolute atomic E-state index is 0.0346. The van der Waals surface area contributed by atoms with Crippen LogP contribution in [-0.4, -0.2) is 19.1 Å². The van der Waals surface area contributed by atoms with E-state index < -0.39 is 4.92 Å². The molecule has 0 aliphatic rings. The first kappa shape index (κ1) is 14.4. The van der Waals surface area contributed by atoms with Crippen molar-refractivity contribution in [1.82, 2.24) is 0 Å². The lowest BCUT2D eigenvalue weighted by Crippen LogP contribution is -1.96. The number of nitrogen functional groups attached to an aromatic ring is 1. The van der Waals surface area contributed by atoms with Crippen LogP contribution in [0.1, 0.15) is 0 Å². The molecule has 0 aliphatic carbocycles. The van der Waals surface area contributed by atoms with Crippen LogP contribution in [0.15, 0.2) is 36.4 Å². The summed E-state index contributed by atoms with van der Waals surface area (Å²) >= 11 is 0. The summed E-state index contributed by atoms with van der Waals surface area (Å²) < 4.78 is 15.9. The number of rotatable bonds is 5. The summed E-state index contributed by atoms with van der Waals surface area (Å²) in [6, 6.07) is 9.20. The molecule has 2 rings (SSSR count). The summed E-state index contributed by atoms with van der Waals surface area (Å²) in [6.07, 6.45) is 0. The molecule has 2 aromatic carbocycles. The lowest BCUT2D eigenvalue weighted by molar-refractivity contribution is -0.383. The molecule has 21 heavy (non-hydrogen) atoms. The fourth-order valence-electron chi connectivity index (χ4n) is 1.74. The molecule has 0 aliphatic heterocycles. The minimum Gasteiger partial charge on any atom is -0.496 e. The molecule has 0 unspecified atom stereocenters. The van der Waals surface area contributed by atoms with Gasteiger partial charge in [0, 0.05) is 30.3 Å². The monoisotopic (exact) mass is 290 g/mol. The molecule has 2 N–H and O–H groups in total. The Hall–Kier alpha value is -2.96. The number of hydrogen-bond acceptors (Lipinski definition) is 6. The Bertz CT molecular complexity index is 650. The molecule has 7 nitrogen and oxygen atoms in total. The molecule has 0 saturated heterocycles. The largest absolute Gasteiger partial charge is 0.496 e. The zero-order chi connectivity index (χ0) is 15.4. The van der Waals surface area contributed by atoms with E-state index in [-0.39, 0.29) is 11.4 Å². The number of methoxy groups -OCH3 is 2. The first-order valence-electron chi connectivity index (χ1n) is 5.98. The predicted molar refractivity (Wildman–Crippen MR) is 77.1 cm³/mol. The highest BCUT2D eigenvalue weighted by atomic mass is 16.6. The third-order valence-corrected chi connectivity index (χ3v) is 2.76. The topological polar surface area (TPSA) is 96.8 Å². The molecule has 0 radical (unpaired) electrons. The number of ether oxygens (including phenoxy) is 3. The van der Waals surface area contributed by atoms with Crippen molar-refractivity contribution >= 4 is 11.4 Å². The summed E-state index contributed by atoms with van der Waals surface area (Å²) in [7, 11) is 3.06. The first-order valence-corrected chi connectivity index (χ1v) is 5.98. The number of benzene rings is 2. The van der Waals surface area contributed by atoms with Gasteiger partial charge < -0.3 is 19.9 Å². The van der Waals surface area contributed by atoms with Crippen LogP contribution in [0.3, 0.4) is 0 Å². The Morgan fingerprint density at radius 3 is 2.00 bits per heavy atom. The standard InChI is InChI=1S/C14H14N2O5/c1-19-10-5-11(20-2)7-12(6-10)21-9-3-4-14(16(17)18)13(15)8-9/h3-8H,15H2,1-2H3. The maximum atomic E-state index is 10.7. The van der Waals surface area contributed by atoms with Crippen molar-refractivity contribution in [2.24, 2.45) is 0 Å². The van der Waals surface area contributed by atoms with Gasteiger partial charge in [0.15, 0.2) is 0 Å². The van der Waals surface area contributed by atoms with E-state index in [1.165, 1.54) is 32.4 Å². The molecule has 0 bridgehead atoms. The average Bonchev–Trinajstić information content (AvgIpc) is 2.46. The highest BCUT2D eigenvalue weighted by Gasteiger charge is 2.12. The van der Waals surface area contributed by atoms with Crippen molar-refractivity contribution in [3.8, 4) is 23.0 Å². The summed E-state index contributed by atoms with van der Waals surface area (Å²) in [6.45, 7) is 0. The van der Waals surface area contributed by atoms with Gasteiger partial charge in [-0.05, 0) is 6.07 Å². The molecule has 110 valence electrons. The van der Waals surface area contributed by atoms with Gasteiger partial charge in [-0.2, -0.15) is 0 Å². The molecule has 0 saturated carbocycles. The van der Waals surface area contributed by atoms with E-state index in [0.29, 0.717) is 23.0 Å². The van der Waals surface area contributed by atoms with Crippen molar-refractivity contribution < 1.29 is 19.1 Å². The van der Waals surface area contributed by atoms with Gasteiger partial charge in [-0.1, -0.05) is 0 Å². The van der Waals surface area contributed by atoms with E-state index >= 15 is 0 Å². The zero-order valence-electron chi connectivity index (χ0n) is 11.5. The van der Waals surface area contributed by atoms with E-state index in [1.54, 1.807) is 18.2 Å². The van der Waals surface area contributed by atoms with E-state index in [4.69, 9.17) is 19.9 Å².